The molecule has 33 heavy (non-hydrogen) atoms. The molecule has 0 heterocycles. The van der Waals surface area contributed by atoms with Crippen LogP contribution in [0.5, 0.6) is 5.75 Å². The molecule has 4 aromatic rings. The summed E-state index contributed by atoms with van der Waals surface area (Å²) in [5.74, 6) is 0.950. The van der Waals surface area contributed by atoms with Crippen molar-refractivity contribution in [1.82, 2.24) is 0 Å². The molecule has 166 valence electrons. The van der Waals surface area contributed by atoms with Crippen LogP contribution in [0, 0.1) is 0 Å². The van der Waals surface area contributed by atoms with Crippen LogP contribution in [-0.2, 0) is 18.2 Å². The molecule has 0 aliphatic carbocycles. The highest BCUT2D eigenvalue weighted by atomic mass is 31.1. The average Bonchev–Trinajstić information content (AvgIpc) is 2.84. The van der Waals surface area contributed by atoms with E-state index in [0.29, 0.717) is 15.2 Å². The molecule has 0 saturated heterocycles. The molecule has 0 radical (unpaired) electrons. The SMILES string of the molecule is CC(C)(Pc1ccccc1C=O)c1cccc(Cc2ccccc2)c1OCc1ccccc1. The summed E-state index contributed by atoms with van der Waals surface area (Å²) in [6, 6.07) is 35.1. The lowest BCUT2D eigenvalue weighted by Crippen LogP contribution is -2.19. The molecule has 4 aromatic carbocycles. The van der Waals surface area contributed by atoms with Gasteiger partial charge >= 0.3 is 0 Å². The van der Waals surface area contributed by atoms with Gasteiger partial charge in [-0.05, 0) is 22.0 Å². The Labute approximate surface area is 198 Å². The van der Waals surface area contributed by atoms with Gasteiger partial charge in [0.25, 0.3) is 0 Å². The lowest BCUT2D eigenvalue weighted by Gasteiger charge is -2.29. The van der Waals surface area contributed by atoms with Crippen molar-refractivity contribution >= 4 is 20.2 Å². The number of carbonyl (C=O) groups is 1. The van der Waals surface area contributed by atoms with E-state index in [4.69, 9.17) is 4.74 Å². The van der Waals surface area contributed by atoms with Crippen molar-refractivity contribution < 1.29 is 9.53 Å². The Morgan fingerprint density at radius 3 is 2.09 bits per heavy atom. The van der Waals surface area contributed by atoms with Crippen LogP contribution < -0.4 is 10.0 Å². The fraction of sp³-hybridized carbons (Fsp3) is 0.167. The van der Waals surface area contributed by atoms with E-state index in [2.05, 4.69) is 74.5 Å². The zero-order valence-electron chi connectivity index (χ0n) is 19.1. The first-order valence-corrected chi connectivity index (χ1v) is 12.2. The Kier molecular flexibility index (Phi) is 7.37. The van der Waals surface area contributed by atoms with Crippen molar-refractivity contribution in [2.45, 2.75) is 32.0 Å². The molecular weight excluding hydrogens is 423 g/mol. The van der Waals surface area contributed by atoms with Gasteiger partial charge in [0, 0.05) is 22.7 Å². The Balaban J connectivity index is 1.72. The number of ether oxygens (including phenoxy) is 1. The van der Waals surface area contributed by atoms with Gasteiger partial charge in [-0.3, -0.25) is 4.79 Å². The molecule has 1 unspecified atom stereocenters. The van der Waals surface area contributed by atoms with Crippen molar-refractivity contribution in [3.8, 4) is 5.75 Å². The highest BCUT2D eigenvalue weighted by molar-refractivity contribution is 7.48. The number of hydrogen-bond acceptors (Lipinski definition) is 2. The Morgan fingerprint density at radius 2 is 1.39 bits per heavy atom. The van der Waals surface area contributed by atoms with Crippen LogP contribution >= 0.6 is 8.58 Å². The molecule has 0 aromatic heterocycles. The van der Waals surface area contributed by atoms with Gasteiger partial charge in [0.1, 0.15) is 12.4 Å². The number of aldehydes is 1. The summed E-state index contributed by atoms with van der Waals surface area (Å²) in [4.78, 5) is 11.6. The van der Waals surface area contributed by atoms with Crippen molar-refractivity contribution in [1.29, 1.82) is 0 Å². The van der Waals surface area contributed by atoms with E-state index in [9.17, 15) is 4.79 Å². The van der Waals surface area contributed by atoms with Gasteiger partial charge in [-0.25, -0.2) is 0 Å². The van der Waals surface area contributed by atoms with E-state index in [1.165, 1.54) is 16.7 Å². The molecule has 0 saturated carbocycles. The first-order chi connectivity index (χ1) is 16.1. The summed E-state index contributed by atoms with van der Waals surface area (Å²) in [5, 5.41) is 0.887. The molecule has 0 spiro atoms. The minimum atomic E-state index is -0.197. The van der Waals surface area contributed by atoms with Crippen molar-refractivity contribution in [2.24, 2.45) is 0 Å². The molecule has 0 aliphatic rings. The maximum atomic E-state index is 11.6. The van der Waals surface area contributed by atoms with Crippen molar-refractivity contribution in [2.75, 3.05) is 0 Å². The second-order valence-corrected chi connectivity index (χ2v) is 10.7. The molecular formula is C30H29O2P. The quantitative estimate of drug-likeness (QED) is 0.204. The standard InChI is InChI=1S/C30H29O2P/c1-30(2,33-28-19-10-9-16-26(28)21-31)27-18-11-17-25(20-23-12-5-3-6-13-23)29(27)32-22-24-14-7-4-8-15-24/h3-19,21,33H,20,22H2,1-2H3. The van der Waals surface area contributed by atoms with Crippen molar-refractivity contribution in [3.63, 3.8) is 0 Å². The molecule has 4 rings (SSSR count). The minimum Gasteiger partial charge on any atom is -0.488 e. The molecule has 0 bridgehead atoms. The van der Waals surface area contributed by atoms with E-state index in [1.807, 2.05) is 42.5 Å². The molecule has 0 aliphatic heterocycles. The fourth-order valence-electron chi connectivity index (χ4n) is 4.05. The molecule has 0 N–H and O–H groups in total. The molecule has 0 fully saturated rings. The largest absolute Gasteiger partial charge is 0.488 e. The summed E-state index contributed by atoms with van der Waals surface area (Å²) < 4.78 is 6.54. The maximum Gasteiger partial charge on any atom is 0.150 e. The summed E-state index contributed by atoms with van der Waals surface area (Å²) in [5.41, 5.74) is 5.51. The van der Waals surface area contributed by atoms with Crippen LogP contribution in [0.15, 0.2) is 103 Å². The van der Waals surface area contributed by atoms with E-state index < -0.39 is 0 Å². The first-order valence-electron chi connectivity index (χ1n) is 11.2. The predicted molar refractivity (Wildman–Crippen MR) is 139 cm³/mol. The van der Waals surface area contributed by atoms with Gasteiger partial charge in [0.2, 0.25) is 0 Å². The number of hydrogen-bond donors (Lipinski definition) is 0. The van der Waals surface area contributed by atoms with Gasteiger partial charge in [0.05, 0.1) is 0 Å². The molecule has 1 atom stereocenters. The third kappa shape index (κ3) is 5.78. The van der Waals surface area contributed by atoms with Crippen LogP contribution in [0.25, 0.3) is 0 Å². The van der Waals surface area contributed by atoms with Crippen molar-refractivity contribution in [3.05, 3.63) is 131 Å². The summed E-state index contributed by atoms with van der Waals surface area (Å²) >= 11 is 0. The Morgan fingerprint density at radius 1 is 0.758 bits per heavy atom. The van der Waals surface area contributed by atoms with E-state index in [0.717, 1.165) is 34.9 Å². The first kappa shape index (κ1) is 23.0. The average molecular weight is 453 g/mol. The fourth-order valence-corrected chi connectivity index (χ4v) is 5.52. The van der Waals surface area contributed by atoms with Gasteiger partial charge in [-0.2, -0.15) is 0 Å². The highest BCUT2D eigenvalue weighted by Gasteiger charge is 2.27. The Hall–Kier alpha value is -3.22. The minimum absolute atomic E-state index is 0.197. The summed E-state index contributed by atoms with van der Waals surface area (Å²) in [7, 11) is 0.435. The maximum absolute atomic E-state index is 11.6. The van der Waals surface area contributed by atoms with Gasteiger partial charge < -0.3 is 4.74 Å². The number of benzene rings is 4. The van der Waals surface area contributed by atoms with E-state index in [-0.39, 0.29) is 5.16 Å². The normalized spacial score (nSPS) is 11.6. The summed E-state index contributed by atoms with van der Waals surface area (Å²) in [6.07, 6.45) is 1.76. The monoisotopic (exact) mass is 452 g/mol. The zero-order chi connectivity index (χ0) is 23.1. The summed E-state index contributed by atoms with van der Waals surface area (Å²) in [6.45, 7) is 5.00. The molecule has 0 amide bonds. The van der Waals surface area contributed by atoms with Crippen LogP contribution in [0.2, 0.25) is 0 Å². The second kappa shape index (κ2) is 10.6. The van der Waals surface area contributed by atoms with Crippen LogP contribution in [0.3, 0.4) is 0 Å². The number of carbonyl (C=O) groups excluding carboxylic acids is 1. The molecule has 2 nitrogen and oxygen atoms in total. The van der Waals surface area contributed by atoms with Gasteiger partial charge in [-0.1, -0.05) is 126 Å². The zero-order valence-corrected chi connectivity index (χ0v) is 20.1. The highest BCUT2D eigenvalue weighted by Crippen LogP contribution is 2.46. The lowest BCUT2D eigenvalue weighted by atomic mass is 9.95. The van der Waals surface area contributed by atoms with Crippen LogP contribution in [0.4, 0.5) is 0 Å². The van der Waals surface area contributed by atoms with Crippen LogP contribution in [-0.4, -0.2) is 6.29 Å². The number of rotatable bonds is 9. The predicted octanol–water partition coefficient (Wildman–Crippen LogP) is 6.91. The smallest absolute Gasteiger partial charge is 0.150 e. The third-order valence-electron chi connectivity index (χ3n) is 5.77. The molecule has 3 heteroatoms. The van der Waals surface area contributed by atoms with Gasteiger partial charge in [0.15, 0.2) is 6.29 Å². The number of para-hydroxylation sites is 1. The Bertz CT molecular complexity index is 1200. The van der Waals surface area contributed by atoms with E-state index >= 15 is 0 Å². The topological polar surface area (TPSA) is 26.3 Å². The second-order valence-electron chi connectivity index (χ2n) is 8.69. The van der Waals surface area contributed by atoms with Gasteiger partial charge in [-0.15, -0.1) is 0 Å². The van der Waals surface area contributed by atoms with Crippen LogP contribution in [0.1, 0.15) is 46.5 Å². The third-order valence-corrected chi connectivity index (χ3v) is 7.39. The van der Waals surface area contributed by atoms with E-state index in [1.54, 1.807) is 0 Å². The lowest BCUT2D eigenvalue weighted by molar-refractivity contribution is 0.112.